The van der Waals surface area contributed by atoms with Crippen LogP contribution in [0, 0.1) is 0 Å². The van der Waals surface area contributed by atoms with Gasteiger partial charge in [0, 0.05) is 19.4 Å². The fraction of sp³-hybridized carbons (Fsp3) is 0.786. The number of aromatic nitrogens is 3. The molecule has 0 saturated carbocycles. The summed E-state index contributed by atoms with van der Waals surface area (Å²) in [5.74, 6) is 1.87. The van der Waals surface area contributed by atoms with Crippen molar-refractivity contribution in [3.05, 3.63) is 5.82 Å². The number of amides is 1. The molecule has 2 rings (SSSR count). The van der Waals surface area contributed by atoms with Crippen molar-refractivity contribution in [3.8, 4) is 0 Å². The number of hydrogen-bond donors (Lipinski definition) is 2. The van der Waals surface area contributed by atoms with Crippen molar-refractivity contribution >= 4 is 11.9 Å². The zero-order valence-electron chi connectivity index (χ0n) is 12.5. The van der Waals surface area contributed by atoms with E-state index in [9.17, 15) is 4.79 Å². The van der Waals surface area contributed by atoms with Crippen molar-refractivity contribution in [2.75, 3.05) is 18.4 Å². The van der Waals surface area contributed by atoms with E-state index in [1.54, 1.807) is 4.68 Å². The molecule has 0 bridgehead atoms. The van der Waals surface area contributed by atoms with Crippen LogP contribution in [0.2, 0.25) is 0 Å². The van der Waals surface area contributed by atoms with Gasteiger partial charge in [0.05, 0.1) is 0 Å². The van der Waals surface area contributed by atoms with Crippen molar-refractivity contribution in [3.63, 3.8) is 0 Å². The van der Waals surface area contributed by atoms with Gasteiger partial charge in [0.25, 0.3) is 0 Å². The maximum Gasteiger partial charge on any atom is 0.227 e. The molecule has 20 heavy (non-hydrogen) atoms. The number of unbranched alkanes of at least 4 members (excludes halogenated alkanes) is 2. The van der Waals surface area contributed by atoms with Crippen LogP contribution in [0.5, 0.6) is 0 Å². The van der Waals surface area contributed by atoms with Crippen molar-refractivity contribution in [1.82, 2.24) is 20.1 Å². The van der Waals surface area contributed by atoms with Gasteiger partial charge in [-0.15, -0.1) is 0 Å². The molecule has 0 spiro atoms. The Morgan fingerprint density at radius 3 is 2.85 bits per heavy atom. The number of carbonyl (C=O) groups excluding carboxylic acids is 1. The molecule has 1 aliphatic heterocycles. The van der Waals surface area contributed by atoms with Gasteiger partial charge in [-0.1, -0.05) is 19.8 Å². The van der Waals surface area contributed by atoms with Crippen LogP contribution >= 0.6 is 0 Å². The number of nitrogens with zero attached hydrogens (tertiary/aromatic N) is 3. The van der Waals surface area contributed by atoms with Crippen LogP contribution in [0.15, 0.2) is 0 Å². The number of nitrogens with one attached hydrogen (secondary N) is 2. The molecule has 6 nitrogen and oxygen atoms in total. The van der Waals surface area contributed by atoms with Crippen molar-refractivity contribution in [2.24, 2.45) is 7.05 Å². The highest BCUT2D eigenvalue weighted by atomic mass is 16.1. The van der Waals surface area contributed by atoms with Gasteiger partial charge >= 0.3 is 0 Å². The average Bonchev–Trinajstić information content (AvgIpc) is 2.81. The van der Waals surface area contributed by atoms with Gasteiger partial charge in [0.2, 0.25) is 11.9 Å². The standard InChI is InChI=1S/C14H25N5O/c1-3-4-5-6-12(20)16-14-17-13(18-19(14)2)11-7-9-15-10-8-11/h11,15H,3-10H2,1-2H3,(H,16,17,18,20). The fourth-order valence-corrected chi connectivity index (χ4v) is 2.49. The minimum Gasteiger partial charge on any atom is -0.317 e. The van der Waals surface area contributed by atoms with Crippen molar-refractivity contribution < 1.29 is 4.79 Å². The third kappa shape index (κ3) is 4.03. The van der Waals surface area contributed by atoms with Crippen molar-refractivity contribution in [1.29, 1.82) is 0 Å². The monoisotopic (exact) mass is 279 g/mol. The molecule has 1 amide bonds. The molecule has 112 valence electrons. The quantitative estimate of drug-likeness (QED) is 0.779. The second-order valence-corrected chi connectivity index (χ2v) is 5.45. The molecule has 1 aromatic heterocycles. The summed E-state index contributed by atoms with van der Waals surface area (Å²) in [6.07, 6.45) is 5.83. The molecule has 0 radical (unpaired) electrons. The molecule has 6 heteroatoms. The number of hydrogen-bond acceptors (Lipinski definition) is 4. The molecule has 1 fully saturated rings. The van der Waals surface area contributed by atoms with Gasteiger partial charge in [-0.25, -0.2) is 4.68 Å². The Morgan fingerprint density at radius 2 is 2.15 bits per heavy atom. The molecule has 2 heterocycles. The Labute approximate surface area is 120 Å². The van der Waals surface area contributed by atoms with Crippen molar-refractivity contribution in [2.45, 2.75) is 51.4 Å². The summed E-state index contributed by atoms with van der Waals surface area (Å²) in [4.78, 5) is 16.3. The van der Waals surface area contributed by atoms with Crippen LogP contribution in [0.4, 0.5) is 5.95 Å². The van der Waals surface area contributed by atoms with Crippen LogP contribution in [-0.4, -0.2) is 33.8 Å². The lowest BCUT2D eigenvalue weighted by atomic mass is 9.98. The molecule has 0 aromatic carbocycles. The highest BCUT2D eigenvalue weighted by Crippen LogP contribution is 2.23. The summed E-state index contributed by atoms with van der Waals surface area (Å²) in [6.45, 7) is 4.16. The first kappa shape index (κ1) is 15.0. The lowest BCUT2D eigenvalue weighted by Crippen LogP contribution is -2.27. The maximum atomic E-state index is 11.8. The highest BCUT2D eigenvalue weighted by molar-refractivity contribution is 5.88. The summed E-state index contributed by atoms with van der Waals surface area (Å²) in [5, 5.41) is 10.6. The topological polar surface area (TPSA) is 71.8 Å². The van der Waals surface area contributed by atoms with E-state index in [0.717, 1.165) is 51.0 Å². The minimum absolute atomic E-state index is 0.0332. The molecule has 1 aliphatic rings. The van der Waals surface area contributed by atoms with Gasteiger partial charge in [-0.2, -0.15) is 10.1 Å². The molecular formula is C14H25N5O. The number of rotatable bonds is 6. The first-order valence-electron chi connectivity index (χ1n) is 7.62. The Bertz CT molecular complexity index is 437. The van der Waals surface area contributed by atoms with Crippen LogP contribution in [0.3, 0.4) is 0 Å². The Hall–Kier alpha value is -1.43. The number of aryl methyl sites for hydroxylation is 1. The second kappa shape index (κ2) is 7.38. The van der Waals surface area contributed by atoms with Crippen LogP contribution in [0.1, 0.15) is 57.2 Å². The predicted molar refractivity (Wildman–Crippen MR) is 78.6 cm³/mol. The zero-order valence-corrected chi connectivity index (χ0v) is 12.5. The first-order valence-corrected chi connectivity index (χ1v) is 7.62. The summed E-state index contributed by atoms with van der Waals surface area (Å²) in [6, 6.07) is 0. The third-order valence-electron chi connectivity index (χ3n) is 3.74. The molecular weight excluding hydrogens is 254 g/mol. The predicted octanol–water partition coefficient (Wildman–Crippen LogP) is 1.80. The first-order chi connectivity index (χ1) is 9.70. The van der Waals surface area contributed by atoms with E-state index in [-0.39, 0.29) is 5.91 Å². The SMILES string of the molecule is CCCCCC(=O)Nc1nc(C2CCNCC2)nn1C. The van der Waals surface area contributed by atoms with Gasteiger partial charge in [-0.05, 0) is 32.4 Å². The van der Waals surface area contributed by atoms with E-state index < -0.39 is 0 Å². The Morgan fingerprint density at radius 1 is 1.40 bits per heavy atom. The van der Waals surface area contributed by atoms with E-state index >= 15 is 0 Å². The van der Waals surface area contributed by atoms with Gasteiger partial charge in [0.15, 0.2) is 5.82 Å². The summed E-state index contributed by atoms with van der Waals surface area (Å²) < 4.78 is 1.68. The molecule has 1 aromatic rings. The molecule has 1 saturated heterocycles. The van der Waals surface area contributed by atoms with E-state index in [1.807, 2.05) is 7.05 Å². The van der Waals surface area contributed by atoms with Crippen LogP contribution in [-0.2, 0) is 11.8 Å². The lowest BCUT2D eigenvalue weighted by Gasteiger charge is -2.19. The lowest BCUT2D eigenvalue weighted by molar-refractivity contribution is -0.116. The highest BCUT2D eigenvalue weighted by Gasteiger charge is 2.21. The third-order valence-corrected chi connectivity index (χ3v) is 3.74. The average molecular weight is 279 g/mol. The summed E-state index contributed by atoms with van der Waals surface area (Å²) in [7, 11) is 1.83. The van der Waals surface area contributed by atoms with E-state index in [2.05, 4.69) is 27.6 Å². The number of piperidine rings is 1. The van der Waals surface area contributed by atoms with Gasteiger partial charge in [0.1, 0.15) is 0 Å². The van der Waals surface area contributed by atoms with Gasteiger partial charge in [-0.3, -0.25) is 10.1 Å². The van der Waals surface area contributed by atoms with E-state index in [0.29, 0.717) is 18.3 Å². The Kier molecular flexibility index (Phi) is 5.52. The number of anilines is 1. The van der Waals surface area contributed by atoms with Crippen LogP contribution in [0.25, 0.3) is 0 Å². The summed E-state index contributed by atoms with van der Waals surface area (Å²) in [5.41, 5.74) is 0. The smallest absolute Gasteiger partial charge is 0.227 e. The minimum atomic E-state index is 0.0332. The molecule has 2 N–H and O–H groups in total. The van der Waals surface area contributed by atoms with E-state index in [1.165, 1.54) is 0 Å². The Balaban J connectivity index is 1.91. The fourth-order valence-electron chi connectivity index (χ4n) is 2.49. The normalized spacial score (nSPS) is 16.3. The summed E-state index contributed by atoms with van der Waals surface area (Å²) >= 11 is 0. The number of carbonyl (C=O) groups is 1. The van der Waals surface area contributed by atoms with E-state index in [4.69, 9.17) is 0 Å². The second-order valence-electron chi connectivity index (χ2n) is 5.45. The van der Waals surface area contributed by atoms with Crippen LogP contribution < -0.4 is 10.6 Å². The van der Waals surface area contributed by atoms with Gasteiger partial charge < -0.3 is 5.32 Å². The molecule has 0 aliphatic carbocycles. The maximum absolute atomic E-state index is 11.8. The zero-order chi connectivity index (χ0) is 14.4. The molecule has 0 unspecified atom stereocenters. The largest absolute Gasteiger partial charge is 0.317 e. The molecule has 0 atom stereocenters.